The Labute approximate surface area is 58.8 Å². The van der Waals surface area contributed by atoms with Crippen LogP contribution in [0.5, 0.6) is 0 Å². The molecule has 1 aliphatic heterocycles. The monoisotopic (exact) mass is 142 g/mol. The lowest BCUT2D eigenvalue weighted by molar-refractivity contribution is -0.135. The fraction of sp³-hybridized carbons (Fsp3) is 0.667. The van der Waals surface area contributed by atoms with Crippen LogP contribution in [0.2, 0.25) is 0 Å². The van der Waals surface area contributed by atoms with Crippen LogP contribution in [-0.4, -0.2) is 18.4 Å². The number of carbonyl (C=O) groups is 2. The Morgan fingerprint density at radius 2 is 2.40 bits per heavy atom. The van der Waals surface area contributed by atoms with Crippen molar-refractivity contribution in [1.82, 2.24) is 5.32 Å². The molecule has 1 saturated heterocycles. The first-order valence-electron chi connectivity index (χ1n) is 3.29. The summed E-state index contributed by atoms with van der Waals surface area (Å²) in [5, 5.41) is 2.57. The summed E-state index contributed by atoms with van der Waals surface area (Å²) < 4.78 is 0. The standard InChI is InChI=1S/C6H10N2O2/c7-5(9)4-2-1-3-8-6(4)10/h4H,1-3H2,(H2,7,9)(H,8,10)/t4-/m0/s1. The van der Waals surface area contributed by atoms with Crippen LogP contribution in [0, 0.1) is 5.92 Å². The van der Waals surface area contributed by atoms with Gasteiger partial charge in [-0.1, -0.05) is 0 Å². The number of amides is 2. The minimum atomic E-state index is -0.589. The molecule has 1 rings (SSSR count). The van der Waals surface area contributed by atoms with Crippen LogP contribution in [0.1, 0.15) is 12.8 Å². The maximum atomic E-state index is 10.8. The van der Waals surface area contributed by atoms with Crippen LogP contribution in [0.15, 0.2) is 0 Å². The number of primary amides is 1. The van der Waals surface area contributed by atoms with Crippen LogP contribution in [0.4, 0.5) is 0 Å². The highest BCUT2D eigenvalue weighted by Crippen LogP contribution is 2.09. The van der Waals surface area contributed by atoms with Gasteiger partial charge in [0.25, 0.3) is 0 Å². The molecule has 3 N–H and O–H groups in total. The van der Waals surface area contributed by atoms with Crippen LogP contribution in [-0.2, 0) is 9.59 Å². The molecule has 0 aromatic heterocycles. The van der Waals surface area contributed by atoms with Crippen molar-refractivity contribution < 1.29 is 9.59 Å². The van der Waals surface area contributed by atoms with E-state index in [1.807, 2.05) is 0 Å². The number of rotatable bonds is 1. The van der Waals surface area contributed by atoms with Gasteiger partial charge >= 0.3 is 0 Å². The summed E-state index contributed by atoms with van der Waals surface area (Å²) >= 11 is 0. The van der Waals surface area contributed by atoms with E-state index >= 15 is 0 Å². The zero-order valence-corrected chi connectivity index (χ0v) is 5.59. The molecule has 0 aliphatic carbocycles. The smallest absolute Gasteiger partial charge is 0.232 e. The molecule has 0 bridgehead atoms. The lowest BCUT2D eigenvalue weighted by atomic mass is 9.98. The molecular formula is C6H10N2O2. The van der Waals surface area contributed by atoms with E-state index in [0.29, 0.717) is 13.0 Å². The van der Waals surface area contributed by atoms with E-state index in [9.17, 15) is 9.59 Å². The second kappa shape index (κ2) is 2.68. The highest BCUT2D eigenvalue weighted by atomic mass is 16.2. The highest BCUT2D eigenvalue weighted by Gasteiger charge is 2.26. The molecule has 2 amide bonds. The zero-order valence-electron chi connectivity index (χ0n) is 5.59. The number of hydrogen-bond acceptors (Lipinski definition) is 2. The summed E-state index contributed by atoms with van der Waals surface area (Å²) in [6.45, 7) is 0.669. The van der Waals surface area contributed by atoms with Crippen molar-refractivity contribution in [2.45, 2.75) is 12.8 Å². The van der Waals surface area contributed by atoms with Crippen molar-refractivity contribution >= 4 is 11.8 Å². The molecule has 0 radical (unpaired) electrons. The maximum Gasteiger partial charge on any atom is 0.232 e. The van der Waals surface area contributed by atoms with E-state index in [1.165, 1.54) is 0 Å². The minimum absolute atomic E-state index is 0.223. The summed E-state index contributed by atoms with van der Waals surface area (Å²) in [5.74, 6) is -1.33. The lowest BCUT2D eigenvalue weighted by Gasteiger charge is -2.18. The molecule has 10 heavy (non-hydrogen) atoms. The van der Waals surface area contributed by atoms with Gasteiger partial charge in [-0.3, -0.25) is 9.59 Å². The van der Waals surface area contributed by atoms with Gasteiger partial charge in [-0.15, -0.1) is 0 Å². The molecule has 0 aromatic carbocycles. The minimum Gasteiger partial charge on any atom is -0.369 e. The van der Waals surface area contributed by atoms with Gasteiger partial charge in [-0.2, -0.15) is 0 Å². The third-order valence-electron chi connectivity index (χ3n) is 1.63. The Morgan fingerprint density at radius 1 is 1.70 bits per heavy atom. The average molecular weight is 142 g/mol. The van der Waals surface area contributed by atoms with Crippen molar-refractivity contribution in [2.75, 3.05) is 6.54 Å². The van der Waals surface area contributed by atoms with Crippen LogP contribution < -0.4 is 11.1 Å². The zero-order chi connectivity index (χ0) is 7.56. The number of nitrogens with two attached hydrogens (primary N) is 1. The first-order chi connectivity index (χ1) is 4.72. The Kier molecular flexibility index (Phi) is 1.89. The van der Waals surface area contributed by atoms with E-state index in [2.05, 4.69) is 5.32 Å². The predicted octanol–water partition coefficient (Wildman–Crippen LogP) is -1.00. The van der Waals surface area contributed by atoms with Crippen molar-refractivity contribution in [3.63, 3.8) is 0 Å². The largest absolute Gasteiger partial charge is 0.369 e. The van der Waals surface area contributed by atoms with Crippen molar-refractivity contribution in [3.8, 4) is 0 Å². The van der Waals surface area contributed by atoms with Crippen LogP contribution in [0.3, 0.4) is 0 Å². The molecule has 1 fully saturated rings. The van der Waals surface area contributed by atoms with Crippen molar-refractivity contribution in [3.05, 3.63) is 0 Å². The average Bonchev–Trinajstić information content (AvgIpc) is 1.88. The van der Waals surface area contributed by atoms with Crippen LogP contribution >= 0.6 is 0 Å². The predicted molar refractivity (Wildman–Crippen MR) is 34.9 cm³/mol. The van der Waals surface area contributed by atoms with Gasteiger partial charge in [0.05, 0.1) is 0 Å². The molecule has 1 atom stereocenters. The normalized spacial score (nSPS) is 25.6. The molecule has 0 spiro atoms. The number of hydrogen-bond donors (Lipinski definition) is 2. The molecule has 0 saturated carbocycles. The number of nitrogens with one attached hydrogen (secondary N) is 1. The van der Waals surface area contributed by atoms with E-state index in [4.69, 9.17) is 5.73 Å². The summed E-state index contributed by atoms with van der Waals surface area (Å²) in [6, 6.07) is 0. The first-order valence-corrected chi connectivity index (χ1v) is 3.29. The second-order valence-corrected chi connectivity index (χ2v) is 2.39. The second-order valence-electron chi connectivity index (χ2n) is 2.39. The molecule has 4 heteroatoms. The number of piperidine rings is 1. The molecular weight excluding hydrogens is 132 g/mol. The number of carbonyl (C=O) groups excluding carboxylic acids is 2. The fourth-order valence-corrected chi connectivity index (χ4v) is 1.04. The molecule has 1 heterocycles. The molecule has 1 aliphatic rings. The summed E-state index contributed by atoms with van der Waals surface area (Å²) in [5.41, 5.74) is 4.96. The third-order valence-corrected chi connectivity index (χ3v) is 1.63. The maximum absolute atomic E-state index is 10.8. The Hall–Kier alpha value is -1.06. The van der Waals surface area contributed by atoms with Gasteiger partial charge in [0, 0.05) is 6.54 Å². The molecule has 4 nitrogen and oxygen atoms in total. The topological polar surface area (TPSA) is 72.2 Å². The fourth-order valence-electron chi connectivity index (χ4n) is 1.04. The van der Waals surface area contributed by atoms with Gasteiger partial charge in [0.1, 0.15) is 5.92 Å². The quantitative estimate of drug-likeness (QED) is 0.461. The molecule has 56 valence electrons. The first kappa shape index (κ1) is 7.05. The van der Waals surface area contributed by atoms with E-state index in [1.54, 1.807) is 0 Å². The van der Waals surface area contributed by atoms with E-state index in [-0.39, 0.29) is 5.91 Å². The van der Waals surface area contributed by atoms with E-state index < -0.39 is 11.8 Å². The Morgan fingerprint density at radius 3 is 2.80 bits per heavy atom. The third kappa shape index (κ3) is 1.26. The Bertz CT molecular complexity index is 167. The van der Waals surface area contributed by atoms with Gasteiger partial charge in [0.2, 0.25) is 11.8 Å². The van der Waals surface area contributed by atoms with Crippen molar-refractivity contribution in [1.29, 1.82) is 0 Å². The lowest BCUT2D eigenvalue weighted by Crippen LogP contribution is -2.42. The van der Waals surface area contributed by atoms with Gasteiger partial charge in [-0.05, 0) is 12.8 Å². The van der Waals surface area contributed by atoms with Gasteiger partial charge < -0.3 is 11.1 Å². The summed E-state index contributed by atoms with van der Waals surface area (Å²) in [7, 11) is 0. The highest BCUT2D eigenvalue weighted by molar-refractivity contribution is 5.99. The van der Waals surface area contributed by atoms with Crippen molar-refractivity contribution in [2.24, 2.45) is 11.7 Å². The van der Waals surface area contributed by atoms with Gasteiger partial charge in [-0.25, -0.2) is 0 Å². The Balaban J connectivity index is 2.56. The van der Waals surface area contributed by atoms with Gasteiger partial charge in [0.15, 0.2) is 0 Å². The summed E-state index contributed by atoms with van der Waals surface area (Å²) in [4.78, 5) is 21.3. The summed E-state index contributed by atoms with van der Waals surface area (Å²) in [6.07, 6.45) is 1.44. The molecule has 0 unspecified atom stereocenters. The SMILES string of the molecule is NC(=O)[C@@H]1CCCNC1=O. The van der Waals surface area contributed by atoms with E-state index in [0.717, 1.165) is 6.42 Å². The van der Waals surface area contributed by atoms with Crippen LogP contribution in [0.25, 0.3) is 0 Å². The molecule has 0 aromatic rings.